The van der Waals surface area contributed by atoms with Gasteiger partial charge in [-0.3, -0.25) is 4.79 Å². The summed E-state index contributed by atoms with van der Waals surface area (Å²) in [6.45, 7) is 6.22. The first-order chi connectivity index (χ1) is 10.5. The molecule has 0 aliphatic heterocycles. The van der Waals surface area contributed by atoms with E-state index in [9.17, 15) is 9.18 Å². The van der Waals surface area contributed by atoms with Crippen molar-refractivity contribution in [2.24, 2.45) is 0 Å². The number of hydrogen-bond donors (Lipinski definition) is 1. The second kappa shape index (κ2) is 7.45. The lowest BCUT2D eigenvalue weighted by Crippen LogP contribution is -2.23. The van der Waals surface area contributed by atoms with Crippen LogP contribution in [0.25, 0.3) is 0 Å². The molecule has 0 fully saturated rings. The molecule has 0 aromatic heterocycles. The zero-order valence-electron chi connectivity index (χ0n) is 13.0. The van der Waals surface area contributed by atoms with Crippen molar-refractivity contribution >= 4 is 17.7 Å². The van der Waals surface area contributed by atoms with Gasteiger partial charge in [-0.2, -0.15) is 0 Å². The summed E-state index contributed by atoms with van der Waals surface area (Å²) in [5.41, 5.74) is 2.02. The van der Waals surface area contributed by atoms with Crippen molar-refractivity contribution in [2.75, 3.05) is 0 Å². The highest BCUT2D eigenvalue weighted by Gasteiger charge is 2.12. The third-order valence-electron chi connectivity index (χ3n) is 3.18. The van der Waals surface area contributed by atoms with Gasteiger partial charge in [0.05, 0.1) is 5.56 Å². The number of thioether (sulfide) groups is 1. The molecule has 1 amide bonds. The molecule has 0 bridgehead atoms. The second-order valence-corrected chi connectivity index (χ2v) is 7.05. The standard InChI is InChI=1S/C18H20FNOS/c1-12(2)22-17-7-5-4-6-15(17)18(21)20-11-14-9-8-13(3)16(19)10-14/h4-10,12H,11H2,1-3H3,(H,20,21). The van der Waals surface area contributed by atoms with Crippen LogP contribution in [0.4, 0.5) is 4.39 Å². The molecule has 0 aliphatic carbocycles. The van der Waals surface area contributed by atoms with Crippen molar-refractivity contribution in [1.82, 2.24) is 5.32 Å². The minimum absolute atomic E-state index is 0.135. The predicted molar refractivity (Wildman–Crippen MR) is 89.7 cm³/mol. The SMILES string of the molecule is Cc1ccc(CNC(=O)c2ccccc2SC(C)C)cc1F. The molecule has 2 aromatic rings. The molecule has 0 unspecified atom stereocenters. The van der Waals surface area contributed by atoms with Crippen molar-refractivity contribution in [1.29, 1.82) is 0 Å². The maximum Gasteiger partial charge on any atom is 0.252 e. The van der Waals surface area contributed by atoms with Crippen LogP contribution in [0.2, 0.25) is 0 Å². The van der Waals surface area contributed by atoms with Gasteiger partial charge in [-0.15, -0.1) is 11.8 Å². The summed E-state index contributed by atoms with van der Waals surface area (Å²) in [7, 11) is 0. The van der Waals surface area contributed by atoms with E-state index in [4.69, 9.17) is 0 Å². The summed E-state index contributed by atoms with van der Waals surface area (Å²) < 4.78 is 13.5. The predicted octanol–water partition coefficient (Wildman–Crippen LogP) is 4.56. The molecular weight excluding hydrogens is 297 g/mol. The fourth-order valence-corrected chi connectivity index (χ4v) is 2.99. The lowest BCUT2D eigenvalue weighted by atomic mass is 10.1. The van der Waals surface area contributed by atoms with Crippen LogP contribution in [0.3, 0.4) is 0 Å². The van der Waals surface area contributed by atoms with Crippen molar-refractivity contribution < 1.29 is 9.18 Å². The zero-order valence-corrected chi connectivity index (χ0v) is 13.8. The monoisotopic (exact) mass is 317 g/mol. The number of aryl methyl sites for hydroxylation is 1. The number of rotatable bonds is 5. The molecule has 4 heteroatoms. The fourth-order valence-electron chi connectivity index (χ4n) is 2.03. The average Bonchev–Trinajstić information content (AvgIpc) is 2.48. The summed E-state index contributed by atoms with van der Waals surface area (Å²) in [4.78, 5) is 13.3. The lowest BCUT2D eigenvalue weighted by molar-refractivity contribution is 0.0948. The first kappa shape index (κ1) is 16.6. The Bertz CT molecular complexity index is 670. The van der Waals surface area contributed by atoms with Gasteiger partial charge >= 0.3 is 0 Å². The van der Waals surface area contributed by atoms with Crippen LogP contribution >= 0.6 is 11.8 Å². The summed E-state index contributed by atoms with van der Waals surface area (Å²) in [6, 6.07) is 12.6. The van der Waals surface area contributed by atoms with Gasteiger partial charge in [0.25, 0.3) is 5.91 Å². The number of benzene rings is 2. The van der Waals surface area contributed by atoms with E-state index >= 15 is 0 Å². The normalized spacial score (nSPS) is 10.8. The van der Waals surface area contributed by atoms with Crippen LogP contribution in [0.5, 0.6) is 0 Å². The van der Waals surface area contributed by atoms with Crippen molar-refractivity contribution in [3.05, 3.63) is 65.0 Å². The van der Waals surface area contributed by atoms with E-state index in [0.29, 0.717) is 22.9 Å². The van der Waals surface area contributed by atoms with Gasteiger partial charge in [-0.25, -0.2) is 4.39 Å². The molecule has 2 rings (SSSR count). The zero-order chi connectivity index (χ0) is 16.1. The number of hydrogen-bond acceptors (Lipinski definition) is 2. The van der Waals surface area contributed by atoms with Crippen molar-refractivity contribution in [3.63, 3.8) is 0 Å². The molecule has 22 heavy (non-hydrogen) atoms. The molecule has 116 valence electrons. The van der Waals surface area contributed by atoms with Crippen LogP contribution in [0.1, 0.15) is 35.3 Å². The highest BCUT2D eigenvalue weighted by atomic mass is 32.2. The highest BCUT2D eigenvalue weighted by molar-refractivity contribution is 8.00. The Labute approximate surface area is 135 Å². The first-order valence-corrected chi connectivity index (χ1v) is 8.14. The van der Waals surface area contributed by atoms with Gasteiger partial charge in [-0.1, -0.05) is 38.1 Å². The number of carbonyl (C=O) groups is 1. The summed E-state index contributed by atoms with van der Waals surface area (Å²) in [5, 5.41) is 3.26. The maximum atomic E-state index is 13.5. The van der Waals surface area contributed by atoms with Crippen molar-refractivity contribution in [3.8, 4) is 0 Å². The Morgan fingerprint density at radius 2 is 1.95 bits per heavy atom. The molecule has 0 saturated heterocycles. The van der Waals surface area contributed by atoms with Gasteiger partial charge in [0.1, 0.15) is 5.82 Å². The van der Waals surface area contributed by atoms with Gasteiger partial charge < -0.3 is 5.32 Å². The van der Waals surface area contributed by atoms with Gasteiger partial charge in [0.15, 0.2) is 0 Å². The largest absolute Gasteiger partial charge is 0.348 e. The first-order valence-electron chi connectivity index (χ1n) is 7.26. The molecule has 0 saturated carbocycles. The van der Waals surface area contributed by atoms with E-state index in [-0.39, 0.29) is 11.7 Å². The molecule has 2 nitrogen and oxygen atoms in total. The molecule has 1 N–H and O–H groups in total. The average molecular weight is 317 g/mol. The molecular formula is C18H20FNOS. The molecule has 2 aromatic carbocycles. The number of carbonyl (C=O) groups excluding carboxylic acids is 1. The van der Waals surface area contributed by atoms with Gasteiger partial charge in [-0.05, 0) is 36.2 Å². The van der Waals surface area contributed by atoms with Crippen LogP contribution < -0.4 is 5.32 Å². The Balaban J connectivity index is 2.07. The van der Waals surface area contributed by atoms with E-state index < -0.39 is 0 Å². The second-order valence-electron chi connectivity index (χ2n) is 5.43. The Hall–Kier alpha value is -1.81. The minimum Gasteiger partial charge on any atom is -0.348 e. The minimum atomic E-state index is -0.248. The topological polar surface area (TPSA) is 29.1 Å². The van der Waals surface area contributed by atoms with E-state index in [1.165, 1.54) is 6.07 Å². The van der Waals surface area contributed by atoms with Crippen LogP contribution in [-0.4, -0.2) is 11.2 Å². The molecule has 0 heterocycles. The molecule has 0 spiro atoms. The Morgan fingerprint density at radius 1 is 1.23 bits per heavy atom. The Morgan fingerprint density at radius 3 is 2.64 bits per heavy atom. The van der Waals surface area contributed by atoms with Crippen LogP contribution in [0.15, 0.2) is 47.4 Å². The smallest absolute Gasteiger partial charge is 0.252 e. The summed E-state index contributed by atoms with van der Waals surface area (Å²) in [6.07, 6.45) is 0. The number of halogens is 1. The van der Waals surface area contributed by atoms with Gasteiger partial charge in [0.2, 0.25) is 0 Å². The fraction of sp³-hybridized carbons (Fsp3) is 0.278. The number of nitrogens with one attached hydrogen (secondary N) is 1. The van der Waals surface area contributed by atoms with Crippen LogP contribution in [0, 0.1) is 12.7 Å². The van der Waals surface area contributed by atoms with E-state index in [0.717, 1.165) is 10.5 Å². The third kappa shape index (κ3) is 4.34. The quantitative estimate of drug-likeness (QED) is 0.819. The summed E-state index contributed by atoms with van der Waals surface area (Å²) in [5.74, 6) is -0.382. The van der Waals surface area contributed by atoms with E-state index in [1.54, 1.807) is 24.8 Å². The van der Waals surface area contributed by atoms with E-state index in [2.05, 4.69) is 19.2 Å². The number of amides is 1. The third-order valence-corrected chi connectivity index (χ3v) is 4.27. The Kier molecular flexibility index (Phi) is 5.61. The lowest BCUT2D eigenvalue weighted by Gasteiger charge is -2.11. The van der Waals surface area contributed by atoms with Crippen molar-refractivity contribution in [2.45, 2.75) is 37.5 Å². The molecule has 0 aliphatic rings. The summed E-state index contributed by atoms with van der Waals surface area (Å²) >= 11 is 1.66. The highest BCUT2D eigenvalue weighted by Crippen LogP contribution is 2.26. The molecule has 0 radical (unpaired) electrons. The molecule has 0 atom stereocenters. The maximum absolute atomic E-state index is 13.5. The van der Waals surface area contributed by atoms with Crippen LogP contribution in [-0.2, 0) is 6.54 Å². The van der Waals surface area contributed by atoms with Gasteiger partial charge in [0, 0.05) is 16.7 Å². The van der Waals surface area contributed by atoms with E-state index in [1.807, 2.05) is 30.3 Å².